The summed E-state index contributed by atoms with van der Waals surface area (Å²) in [5.74, 6) is 6.53. The minimum Gasteiger partial charge on any atom is -0.474 e. The van der Waals surface area contributed by atoms with Crippen molar-refractivity contribution < 1.29 is 18.9 Å². The van der Waals surface area contributed by atoms with Crippen molar-refractivity contribution in [2.45, 2.75) is 78.8 Å². The highest BCUT2D eigenvalue weighted by molar-refractivity contribution is 6.30. The van der Waals surface area contributed by atoms with E-state index in [0.717, 1.165) is 86.8 Å². The Morgan fingerprint density at radius 1 is 0.787 bits per heavy atom. The lowest BCUT2D eigenvalue weighted by Crippen LogP contribution is -2.13. The highest BCUT2D eigenvalue weighted by Gasteiger charge is 2.33. The maximum Gasteiger partial charge on any atom is 0.237 e. The molecule has 0 aliphatic carbocycles. The number of aromatic nitrogens is 10. The topological polar surface area (TPSA) is 159 Å². The van der Waals surface area contributed by atoms with Crippen LogP contribution >= 0.6 is 11.6 Å². The van der Waals surface area contributed by atoms with Crippen LogP contribution in [0.3, 0.4) is 0 Å². The van der Waals surface area contributed by atoms with Crippen LogP contribution in [0.2, 0.25) is 5.02 Å². The van der Waals surface area contributed by atoms with E-state index in [1.54, 1.807) is 14.2 Å². The maximum absolute atomic E-state index is 6.31. The van der Waals surface area contributed by atoms with Crippen molar-refractivity contribution in [2.75, 3.05) is 27.4 Å². The molecule has 0 unspecified atom stereocenters. The van der Waals surface area contributed by atoms with E-state index >= 15 is 0 Å². The van der Waals surface area contributed by atoms with E-state index in [1.807, 2.05) is 58.3 Å². The number of methoxy groups -OCH3 is 2. The summed E-state index contributed by atoms with van der Waals surface area (Å²) in [6.07, 6.45) is 11.9. The van der Waals surface area contributed by atoms with Gasteiger partial charge in [-0.15, -0.1) is 21.7 Å². The number of terminal acetylenes is 1. The monoisotopic (exact) mass is 842 g/mol. The maximum atomic E-state index is 6.31. The summed E-state index contributed by atoms with van der Waals surface area (Å²) in [5, 5.41) is 18.2. The van der Waals surface area contributed by atoms with Crippen LogP contribution in [0, 0.1) is 24.2 Å². The quantitative estimate of drug-likeness (QED) is 0.146. The average molecular weight is 843 g/mol. The molecule has 0 radical (unpaired) electrons. The van der Waals surface area contributed by atoms with Gasteiger partial charge in [-0.25, -0.2) is 24.6 Å². The summed E-state index contributed by atoms with van der Waals surface area (Å²) < 4.78 is 30.6. The summed E-state index contributed by atoms with van der Waals surface area (Å²) in [7, 11) is 3.30. The standard InChI is InChI=1S/C23H24N6O2.C21H23ClN6O2/c1-5-15-6-7-18-17(9-15)22-27-26-20(12-30-4)28(22)10-19-21(24-13-29(18)19)23-25-16(11-31-23)8-14(2)3;1-12(2)6-14-9-30-21(24-14)20-19-8-17-15(10-29-3)25-26-28(17)18-7-13(22)4-5-16(18)27(19)11-23-20/h1,6-7,9,13-14,16H,8,10-12H2,2-4H3;4-5,7,11-12,14H,6,8-10H2,1-3H3/t16-;14-/m11/s1. The normalized spacial score (nSPS) is 17.0. The first kappa shape index (κ1) is 40.3. The summed E-state index contributed by atoms with van der Waals surface area (Å²) in [6.45, 7) is 11.2. The lowest BCUT2D eigenvalue weighted by Gasteiger charge is -2.10. The van der Waals surface area contributed by atoms with Crippen LogP contribution in [0.15, 0.2) is 59.0 Å². The first-order chi connectivity index (χ1) is 29.6. The molecule has 61 heavy (non-hydrogen) atoms. The molecule has 0 amide bonds. The van der Waals surface area contributed by atoms with Crippen LogP contribution in [0.4, 0.5) is 0 Å². The molecule has 10 rings (SSSR count). The Hall–Kier alpha value is -6.15. The fraction of sp³-hybridized carbons (Fsp3) is 0.409. The first-order valence-corrected chi connectivity index (χ1v) is 20.8. The van der Waals surface area contributed by atoms with Gasteiger partial charge in [0.1, 0.15) is 49.6 Å². The lowest BCUT2D eigenvalue weighted by atomic mass is 10.1. The zero-order chi connectivity index (χ0) is 42.4. The number of hydrogen-bond donors (Lipinski definition) is 0. The Labute approximate surface area is 358 Å². The van der Waals surface area contributed by atoms with Crippen molar-refractivity contribution in [3.8, 4) is 40.8 Å². The molecule has 0 saturated carbocycles. The summed E-state index contributed by atoms with van der Waals surface area (Å²) in [5.41, 5.74) is 9.61. The molecule has 314 valence electrons. The van der Waals surface area contributed by atoms with Crippen molar-refractivity contribution in [2.24, 2.45) is 21.8 Å². The van der Waals surface area contributed by atoms with Crippen LogP contribution in [0.1, 0.15) is 86.1 Å². The van der Waals surface area contributed by atoms with E-state index < -0.39 is 0 Å². The molecule has 0 saturated heterocycles. The van der Waals surface area contributed by atoms with Gasteiger partial charge >= 0.3 is 0 Å². The predicted octanol–water partition coefficient (Wildman–Crippen LogP) is 6.16. The van der Waals surface area contributed by atoms with Crippen LogP contribution in [0.5, 0.6) is 0 Å². The van der Waals surface area contributed by atoms with Gasteiger partial charge in [0.15, 0.2) is 11.6 Å². The van der Waals surface area contributed by atoms with Gasteiger partial charge in [-0.05, 0) is 61.1 Å². The van der Waals surface area contributed by atoms with Gasteiger partial charge in [-0.3, -0.25) is 9.13 Å². The largest absolute Gasteiger partial charge is 0.474 e. The second-order valence-electron chi connectivity index (χ2n) is 16.3. The van der Waals surface area contributed by atoms with Crippen LogP contribution in [-0.4, -0.2) is 100 Å². The molecule has 0 spiro atoms. The molecule has 0 bridgehead atoms. The SMILES string of the molecule is C#Cc1ccc2c(c1)-c1nnc(COC)n1Cc1c(C3=N[C@H](CC(C)C)CO3)ncn1-2.COCc1nnn2c1Cc1c(C3=N[C@H](CC(C)C)CO3)ncn1-c1ccc(Cl)cc1-2. The Morgan fingerprint density at radius 2 is 1.44 bits per heavy atom. The van der Waals surface area contributed by atoms with E-state index in [-0.39, 0.29) is 12.1 Å². The van der Waals surface area contributed by atoms with Crippen LogP contribution < -0.4 is 0 Å². The van der Waals surface area contributed by atoms with Gasteiger partial charge in [-0.1, -0.05) is 50.4 Å². The lowest BCUT2D eigenvalue weighted by molar-refractivity contribution is 0.174. The third-order valence-corrected chi connectivity index (χ3v) is 11.2. The van der Waals surface area contributed by atoms with Gasteiger partial charge in [-0.2, -0.15) is 0 Å². The molecule has 0 N–H and O–H groups in total. The van der Waals surface area contributed by atoms with Gasteiger partial charge in [0, 0.05) is 36.8 Å². The molecule has 4 aliphatic rings. The molecule has 16 nitrogen and oxygen atoms in total. The molecule has 6 aromatic rings. The fourth-order valence-corrected chi connectivity index (χ4v) is 8.51. The second kappa shape index (κ2) is 16.7. The molecule has 2 atom stereocenters. The fourth-order valence-electron chi connectivity index (χ4n) is 8.34. The molecule has 17 heteroatoms. The molecule has 8 heterocycles. The molecule has 2 aromatic carbocycles. The smallest absolute Gasteiger partial charge is 0.237 e. The van der Waals surface area contributed by atoms with Gasteiger partial charge in [0.2, 0.25) is 11.8 Å². The number of rotatable bonds is 10. The minimum absolute atomic E-state index is 0.165. The Morgan fingerprint density at radius 3 is 2.10 bits per heavy atom. The number of fused-ring (bicyclic) bond motifs is 10. The Bertz CT molecular complexity index is 2710. The average Bonchev–Trinajstić information content (AvgIpc) is 4.11. The first-order valence-electron chi connectivity index (χ1n) is 20.4. The van der Waals surface area contributed by atoms with Gasteiger partial charge < -0.3 is 23.5 Å². The van der Waals surface area contributed by atoms with Gasteiger partial charge in [0.25, 0.3) is 0 Å². The number of ether oxygens (including phenoxy) is 4. The zero-order valence-corrected chi connectivity index (χ0v) is 35.8. The number of imidazole rings is 2. The summed E-state index contributed by atoms with van der Waals surface area (Å²) in [4.78, 5) is 19.0. The predicted molar refractivity (Wildman–Crippen MR) is 229 cm³/mol. The molecular weight excluding hydrogens is 796 g/mol. The van der Waals surface area contributed by atoms with E-state index in [1.165, 1.54) is 0 Å². The van der Waals surface area contributed by atoms with Crippen molar-refractivity contribution in [1.82, 2.24) is 48.9 Å². The van der Waals surface area contributed by atoms with E-state index in [0.29, 0.717) is 68.0 Å². The number of aliphatic imine (C=N–C) groups is 2. The Balaban J connectivity index is 0.000000156. The Kier molecular flexibility index (Phi) is 11.0. The van der Waals surface area contributed by atoms with E-state index in [2.05, 4.69) is 68.2 Å². The van der Waals surface area contributed by atoms with E-state index in [9.17, 15) is 0 Å². The number of nitrogens with zero attached hydrogens (tertiary/aromatic N) is 12. The summed E-state index contributed by atoms with van der Waals surface area (Å²) in [6, 6.07) is 11.9. The number of hydrogen-bond acceptors (Lipinski definition) is 12. The minimum atomic E-state index is 0.165. The van der Waals surface area contributed by atoms with Crippen molar-refractivity contribution in [3.05, 3.63) is 99.6 Å². The molecular formula is C44H47ClN12O4. The molecule has 4 aliphatic heterocycles. The van der Waals surface area contributed by atoms with Crippen LogP contribution in [0.25, 0.3) is 28.5 Å². The molecule has 0 fully saturated rings. The summed E-state index contributed by atoms with van der Waals surface area (Å²) >= 11 is 6.31. The highest BCUT2D eigenvalue weighted by Crippen LogP contribution is 2.35. The number of benzene rings is 2. The van der Waals surface area contributed by atoms with E-state index in [4.69, 9.17) is 51.9 Å². The van der Waals surface area contributed by atoms with Gasteiger partial charge in [0.05, 0.1) is 59.4 Å². The van der Waals surface area contributed by atoms with Crippen LogP contribution in [-0.2, 0) is 45.1 Å². The highest BCUT2D eigenvalue weighted by atomic mass is 35.5. The third-order valence-electron chi connectivity index (χ3n) is 11.0. The van der Waals surface area contributed by atoms with Crippen molar-refractivity contribution in [1.29, 1.82) is 0 Å². The number of halogens is 1. The van der Waals surface area contributed by atoms with Crippen molar-refractivity contribution in [3.63, 3.8) is 0 Å². The third kappa shape index (κ3) is 7.62. The van der Waals surface area contributed by atoms with Crippen molar-refractivity contribution >= 4 is 23.4 Å². The second-order valence-corrected chi connectivity index (χ2v) is 16.8. The molecule has 4 aromatic heterocycles. The zero-order valence-electron chi connectivity index (χ0n) is 35.0.